The second-order valence-corrected chi connectivity index (χ2v) is 25.0. The van der Waals surface area contributed by atoms with E-state index in [4.69, 9.17) is 35.6 Å². The average molecular weight is 912 g/mol. The van der Waals surface area contributed by atoms with Gasteiger partial charge in [0, 0.05) is 35.6 Å². The Morgan fingerprint density at radius 2 is 0.629 bits per heavy atom. The minimum atomic E-state index is -2.33. The zero-order valence-electron chi connectivity index (χ0n) is 74.9. The Morgan fingerprint density at radius 1 is 0.306 bits per heavy atom. The zero-order valence-corrected chi connectivity index (χ0v) is 48.9. The Hall–Kier alpha value is 0. The van der Waals surface area contributed by atoms with Gasteiger partial charge in [0.15, 0.2) is 0 Å². The van der Waals surface area contributed by atoms with Gasteiger partial charge in [-0.3, -0.25) is 0 Å². The molecule has 0 aliphatic carbocycles. The maximum Gasteiger partial charge on any atom is 0.0266 e. The van der Waals surface area contributed by atoms with Crippen molar-refractivity contribution in [1.29, 1.82) is 0 Å². The van der Waals surface area contributed by atoms with Crippen LogP contribution in [-0.2, 0) is 0 Å². The molecule has 0 bridgehead atoms. The molecule has 0 saturated heterocycles. The maximum absolute atomic E-state index is 7.76. The van der Waals surface area contributed by atoms with Crippen molar-refractivity contribution in [3.05, 3.63) is 0 Å². The van der Waals surface area contributed by atoms with Crippen molar-refractivity contribution in [3.63, 3.8) is 0 Å². The molecule has 0 amide bonds. The van der Waals surface area contributed by atoms with Crippen molar-refractivity contribution in [3.8, 4) is 0 Å². The van der Waals surface area contributed by atoms with Crippen molar-refractivity contribution >= 4 is 0 Å². The summed E-state index contributed by atoms with van der Waals surface area (Å²) < 4.78 is 191. The van der Waals surface area contributed by atoms with Crippen molar-refractivity contribution in [1.82, 2.24) is 0 Å². The SMILES string of the molecule is CCCC(C)(C)C.[2H]C([2H])(C)C([2H])([2H])CC.[2H]C([2H])(C)C([2H])([2H])CC.[2H]C([2H])([2H])C(C)(C)C(C)(C([2H])([2H])[2H])C(C)(C)C.[2H]C([2H])([2H])C(C)(C)CC(C)(C)C.[2H]C([2H])([2H])C(C)(C)CCC.[2H]C([2H])([2H])C(C)(CC)C(C)(C)C.[2H]C([2H])([2H])C(C)(CC)C(C)(C)C. The highest BCUT2D eigenvalue weighted by molar-refractivity contribution is 4.91. The van der Waals surface area contributed by atoms with E-state index in [2.05, 4.69) is 48.5 Å². The molecule has 0 aromatic carbocycles. The maximum atomic E-state index is 7.76. The fraction of sp³-hybridized carbons (Fsp3) is 1.00. The zero-order chi connectivity index (χ0) is 74.9. The van der Waals surface area contributed by atoms with E-state index in [0.29, 0.717) is 18.3 Å². The number of hydrogen-bond donors (Lipinski definition) is 0. The molecule has 0 nitrogen and oxygen atoms in total. The number of rotatable bonds is 8. The first kappa shape index (κ1) is 36.0. The van der Waals surface area contributed by atoms with Crippen LogP contribution in [0.5, 0.6) is 0 Å². The van der Waals surface area contributed by atoms with Gasteiger partial charge in [0.2, 0.25) is 0 Å². The Kier molecular flexibility index (Phi) is 20.5. The average Bonchev–Trinajstić information content (AvgIpc) is 3.21. The number of hydrogen-bond acceptors (Lipinski definition) is 0. The van der Waals surface area contributed by atoms with Crippen LogP contribution < -0.4 is 0 Å². The summed E-state index contributed by atoms with van der Waals surface area (Å²) in [6.45, 7) is 47.7. The standard InChI is InChI=1S/C11H24.3C9H20.2C7H16.2C5H12/c1-9(2,3)11(7,8)10(4,5)6;1-8(2,3)7-9(4,5)6;2*1-7-9(5,6)8(2,3)4;2*1-5-6-7(2,3)4;2*1-3-5-4-2/h1-8H3;3*7H2,1-6H3;2*5-6H2,1-4H3;2*3-5H2,1-2H3/i1D3,7D3;1D3;2*5D3;2D3;;2*3D2,5D2. The van der Waals surface area contributed by atoms with Crippen LogP contribution in [0.25, 0.3) is 0 Å². The molecule has 0 heterocycles. The molecular weight excluding hydrogens is 745 g/mol. The van der Waals surface area contributed by atoms with Gasteiger partial charge < -0.3 is 0 Å². The molecule has 0 fully saturated rings. The Balaban J connectivity index is -0.000000140. The van der Waals surface area contributed by atoms with Gasteiger partial charge in [-0.15, -0.1) is 0 Å². The van der Waals surface area contributed by atoms with Gasteiger partial charge in [0.1, 0.15) is 0 Å². The summed E-state index contributed by atoms with van der Waals surface area (Å²) in [5.74, 6) is 0. The molecule has 388 valence electrons. The van der Waals surface area contributed by atoms with Crippen LogP contribution in [0.1, 0.15) is 382 Å². The second-order valence-electron chi connectivity index (χ2n) is 25.0. The van der Waals surface area contributed by atoms with Gasteiger partial charge in [-0.05, 0) is 78.8 Å². The lowest BCUT2D eigenvalue weighted by molar-refractivity contribution is 0.00575. The van der Waals surface area contributed by atoms with Crippen LogP contribution in [-0.4, -0.2) is 0 Å². The monoisotopic (exact) mass is 911 g/mol. The third kappa shape index (κ3) is 58.0. The van der Waals surface area contributed by atoms with E-state index in [1.807, 2.05) is 90.0 Å². The first-order chi connectivity index (χ1) is 37.1. The van der Waals surface area contributed by atoms with Crippen LogP contribution in [0.2, 0.25) is 0 Å². The van der Waals surface area contributed by atoms with E-state index in [1.165, 1.54) is 40.5 Å². The summed E-state index contributed by atoms with van der Waals surface area (Å²) in [6, 6.07) is 0. The Bertz CT molecular complexity index is 1730. The third-order valence-corrected chi connectivity index (χ3v) is 11.0. The molecule has 0 radical (unpaired) electrons. The molecule has 3 unspecified atom stereocenters. The first-order valence-electron chi connectivity index (χ1n) is 37.1. The molecule has 0 N–H and O–H groups in total. The fourth-order valence-corrected chi connectivity index (χ4v) is 5.05. The minimum Gasteiger partial charge on any atom is -0.0654 e. The minimum absolute atomic E-state index is 0.0813. The van der Waals surface area contributed by atoms with E-state index >= 15 is 0 Å². The topological polar surface area (TPSA) is 0 Å². The van der Waals surface area contributed by atoms with Gasteiger partial charge in [0.05, 0.1) is 0 Å². The lowest BCUT2D eigenvalue weighted by atomic mass is 9.56. The van der Waals surface area contributed by atoms with Crippen LogP contribution >= 0.6 is 0 Å². The molecule has 62 heavy (non-hydrogen) atoms. The molecule has 0 aromatic rings. The van der Waals surface area contributed by atoms with Gasteiger partial charge >= 0.3 is 0 Å². The van der Waals surface area contributed by atoms with Crippen molar-refractivity contribution < 1.29 is 35.6 Å². The Morgan fingerprint density at radius 3 is 0.677 bits per heavy atom. The van der Waals surface area contributed by atoms with Crippen LogP contribution in [0.4, 0.5) is 0 Å². The summed E-state index contributed by atoms with van der Waals surface area (Å²) in [4.78, 5) is 0. The quantitative estimate of drug-likeness (QED) is 0.228. The van der Waals surface area contributed by atoms with Crippen LogP contribution in [0.3, 0.4) is 0 Å². The van der Waals surface area contributed by atoms with E-state index in [0.717, 1.165) is 19.3 Å². The fourth-order valence-electron chi connectivity index (χ4n) is 5.05. The normalized spacial score (nSPS) is 23.5. The highest BCUT2D eigenvalue weighted by Gasteiger charge is 2.42. The van der Waals surface area contributed by atoms with Crippen LogP contribution in [0.15, 0.2) is 0 Å². The third-order valence-electron chi connectivity index (χ3n) is 11.0. The molecule has 0 heteroatoms. The first-order valence-corrected chi connectivity index (χ1v) is 24.1. The lowest BCUT2D eigenvalue weighted by Gasteiger charge is -2.49. The molecule has 0 aliphatic heterocycles. The highest BCUT2D eigenvalue weighted by Crippen LogP contribution is 2.50. The van der Waals surface area contributed by atoms with Gasteiger partial charge in [-0.2, -0.15) is 0 Å². The van der Waals surface area contributed by atoms with E-state index in [1.54, 1.807) is 55.4 Å². The van der Waals surface area contributed by atoms with Crippen molar-refractivity contribution in [2.75, 3.05) is 0 Å². The summed E-state index contributed by atoms with van der Waals surface area (Å²) >= 11 is 0. The summed E-state index contributed by atoms with van der Waals surface area (Å²) in [6.07, 6.45) is 0.0678. The van der Waals surface area contributed by atoms with Gasteiger partial charge in [0.25, 0.3) is 0 Å². The molecule has 0 spiro atoms. The van der Waals surface area contributed by atoms with Gasteiger partial charge in [-0.25, -0.2) is 0 Å². The molecule has 0 aliphatic rings. The summed E-state index contributed by atoms with van der Waals surface area (Å²) in [5.41, 5.74) is -5.22. The smallest absolute Gasteiger partial charge is 0.0266 e. The molecule has 3 atom stereocenters. The van der Waals surface area contributed by atoms with E-state index in [-0.39, 0.29) is 29.1 Å². The lowest BCUT2D eigenvalue weighted by Crippen LogP contribution is -2.41. The summed E-state index contributed by atoms with van der Waals surface area (Å²) in [7, 11) is 0. The highest BCUT2D eigenvalue weighted by atomic mass is 14.5. The van der Waals surface area contributed by atoms with E-state index in [9.17, 15) is 0 Å². The molecule has 0 saturated carbocycles. The Labute approximate surface area is 441 Å². The molecule has 0 aromatic heterocycles. The second kappa shape index (κ2) is 35.2. The van der Waals surface area contributed by atoms with Crippen molar-refractivity contribution in [2.24, 2.45) is 59.6 Å². The molecular formula is C62H140. The van der Waals surface area contributed by atoms with Crippen molar-refractivity contribution in [2.45, 2.75) is 346 Å². The predicted octanol–water partition coefficient (Wildman–Crippen LogP) is 24.6. The molecule has 0 rings (SSSR count). The van der Waals surface area contributed by atoms with Gasteiger partial charge in [-0.1, -0.05) is 327 Å². The summed E-state index contributed by atoms with van der Waals surface area (Å²) in [5, 5.41) is 0. The largest absolute Gasteiger partial charge is 0.0654 e. The van der Waals surface area contributed by atoms with E-state index < -0.39 is 105 Å². The predicted molar refractivity (Wildman–Crippen MR) is 302 cm³/mol. The van der Waals surface area contributed by atoms with Crippen LogP contribution in [0, 0.1) is 59.6 Å².